The fourth-order valence-electron chi connectivity index (χ4n) is 4.47. The third-order valence-electron chi connectivity index (χ3n) is 6.47. The summed E-state index contributed by atoms with van der Waals surface area (Å²) in [5.41, 5.74) is 5.55. The first-order chi connectivity index (χ1) is 17.8. The van der Waals surface area contributed by atoms with Crippen LogP contribution in [0, 0.1) is 0 Å². The number of unbranched alkanes of at least 4 members (excludes halogenated alkanes) is 2. The second kappa shape index (κ2) is 11.2. The zero-order valence-corrected chi connectivity index (χ0v) is 21.2. The molecule has 0 saturated heterocycles. The van der Waals surface area contributed by atoms with Gasteiger partial charge in [-0.05, 0) is 85.6 Å². The van der Waals surface area contributed by atoms with E-state index >= 15 is 0 Å². The molecular weight excluding hydrogens is 444 g/mol. The largest absolute Gasteiger partial charge is 0.494 e. The molecule has 0 saturated carbocycles. The maximum atomic E-state index is 5.91. The predicted octanol–water partition coefficient (Wildman–Crippen LogP) is 9.15. The number of benzene rings is 4. The van der Waals surface area contributed by atoms with Crippen LogP contribution in [0.1, 0.15) is 39.5 Å². The van der Waals surface area contributed by atoms with Gasteiger partial charge in [0.2, 0.25) is 0 Å². The van der Waals surface area contributed by atoms with Crippen LogP contribution in [0.5, 0.6) is 11.5 Å². The van der Waals surface area contributed by atoms with Gasteiger partial charge in [0.25, 0.3) is 0 Å². The first-order valence-electron chi connectivity index (χ1n) is 13.0. The van der Waals surface area contributed by atoms with E-state index < -0.39 is 0 Å². The SMILES string of the molecule is CCCCOc1ccc(N(c2ccc(OCCCC)cc2)c2ccc3[nH]c4ccccc4c3c2)cc1. The van der Waals surface area contributed by atoms with Crippen molar-refractivity contribution in [3.05, 3.63) is 91.0 Å². The van der Waals surface area contributed by atoms with Gasteiger partial charge in [0.05, 0.1) is 13.2 Å². The third-order valence-corrected chi connectivity index (χ3v) is 6.47. The second-order valence-corrected chi connectivity index (χ2v) is 9.13. The first-order valence-corrected chi connectivity index (χ1v) is 13.0. The summed E-state index contributed by atoms with van der Waals surface area (Å²) in [6.45, 7) is 5.84. The van der Waals surface area contributed by atoms with E-state index in [2.05, 4.69) is 115 Å². The molecule has 36 heavy (non-hydrogen) atoms. The van der Waals surface area contributed by atoms with Gasteiger partial charge in [-0.15, -0.1) is 0 Å². The van der Waals surface area contributed by atoms with Crippen molar-refractivity contribution in [2.45, 2.75) is 39.5 Å². The quantitative estimate of drug-likeness (QED) is 0.192. The highest BCUT2D eigenvalue weighted by atomic mass is 16.5. The predicted molar refractivity (Wildman–Crippen MR) is 151 cm³/mol. The molecule has 0 radical (unpaired) electrons. The second-order valence-electron chi connectivity index (χ2n) is 9.13. The van der Waals surface area contributed by atoms with Crippen LogP contribution in [0.4, 0.5) is 17.1 Å². The fraction of sp³-hybridized carbons (Fsp3) is 0.250. The van der Waals surface area contributed by atoms with E-state index in [1.54, 1.807) is 0 Å². The molecule has 1 N–H and O–H groups in total. The van der Waals surface area contributed by atoms with E-state index in [9.17, 15) is 0 Å². The maximum absolute atomic E-state index is 5.91. The van der Waals surface area contributed by atoms with Crippen molar-refractivity contribution in [2.75, 3.05) is 18.1 Å². The Bertz CT molecular complexity index is 1350. The Kier molecular flexibility index (Phi) is 7.41. The number of hydrogen-bond acceptors (Lipinski definition) is 3. The molecule has 5 aromatic rings. The van der Waals surface area contributed by atoms with Crippen molar-refractivity contribution in [1.82, 2.24) is 4.98 Å². The lowest BCUT2D eigenvalue weighted by molar-refractivity contribution is 0.309. The van der Waals surface area contributed by atoms with Crippen molar-refractivity contribution in [2.24, 2.45) is 0 Å². The lowest BCUT2D eigenvalue weighted by Gasteiger charge is -2.26. The minimum Gasteiger partial charge on any atom is -0.494 e. The van der Waals surface area contributed by atoms with E-state index in [0.29, 0.717) is 0 Å². The van der Waals surface area contributed by atoms with Crippen LogP contribution in [0.25, 0.3) is 21.8 Å². The minimum atomic E-state index is 0.746. The summed E-state index contributed by atoms with van der Waals surface area (Å²) in [6.07, 6.45) is 4.37. The van der Waals surface area contributed by atoms with E-state index in [4.69, 9.17) is 9.47 Å². The number of para-hydroxylation sites is 1. The molecule has 4 aromatic carbocycles. The van der Waals surface area contributed by atoms with E-state index in [0.717, 1.165) is 78.5 Å². The Balaban J connectivity index is 1.52. The molecule has 184 valence electrons. The molecule has 0 aliphatic heterocycles. The minimum absolute atomic E-state index is 0.746. The molecule has 0 aliphatic rings. The van der Waals surface area contributed by atoms with Gasteiger partial charge < -0.3 is 19.4 Å². The summed E-state index contributed by atoms with van der Waals surface area (Å²) in [7, 11) is 0. The Morgan fingerprint density at radius 2 is 1.11 bits per heavy atom. The van der Waals surface area contributed by atoms with Crippen molar-refractivity contribution < 1.29 is 9.47 Å². The zero-order chi connectivity index (χ0) is 24.7. The molecule has 0 atom stereocenters. The van der Waals surface area contributed by atoms with E-state index in [1.807, 2.05) is 0 Å². The number of anilines is 3. The number of aromatic nitrogens is 1. The first kappa shape index (κ1) is 23.8. The molecule has 1 heterocycles. The van der Waals surface area contributed by atoms with Crippen LogP contribution in [0.3, 0.4) is 0 Å². The Morgan fingerprint density at radius 1 is 0.583 bits per heavy atom. The van der Waals surface area contributed by atoms with Gasteiger partial charge in [-0.2, -0.15) is 0 Å². The van der Waals surface area contributed by atoms with Crippen LogP contribution < -0.4 is 14.4 Å². The summed E-state index contributed by atoms with van der Waals surface area (Å²) >= 11 is 0. The standard InChI is InChI=1S/C32H34N2O2/c1-3-5-21-35-27-16-11-24(12-17-27)34(25-13-18-28(19-14-25)36-22-6-4-2)26-15-20-32-30(23-26)29-9-7-8-10-31(29)33-32/h7-20,23,33H,3-6,21-22H2,1-2H3. The van der Waals surface area contributed by atoms with E-state index in [1.165, 1.54) is 10.8 Å². The van der Waals surface area contributed by atoms with Crippen LogP contribution in [0.2, 0.25) is 0 Å². The highest BCUT2D eigenvalue weighted by Crippen LogP contribution is 2.38. The van der Waals surface area contributed by atoms with E-state index in [-0.39, 0.29) is 0 Å². The molecule has 5 rings (SSSR count). The van der Waals surface area contributed by atoms with Gasteiger partial charge in [0.1, 0.15) is 11.5 Å². The van der Waals surface area contributed by atoms with Gasteiger partial charge in [0, 0.05) is 38.9 Å². The molecule has 0 spiro atoms. The summed E-state index contributed by atoms with van der Waals surface area (Å²) in [5, 5.41) is 2.45. The number of fused-ring (bicyclic) bond motifs is 3. The zero-order valence-electron chi connectivity index (χ0n) is 21.2. The van der Waals surface area contributed by atoms with Gasteiger partial charge in [-0.1, -0.05) is 44.9 Å². The van der Waals surface area contributed by atoms with Gasteiger partial charge >= 0.3 is 0 Å². The van der Waals surface area contributed by atoms with Gasteiger partial charge in [-0.3, -0.25) is 0 Å². The highest BCUT2D eigenvalue weighted by molar-refractivity contribution is 6.08. The number of hydrogen-bond donors (Lipinski definition) is 1. The summed E-state index contributed by atoms with van der Waals surface area (Å²) in [5.74, 6) is 1.80. The molecule has 0 unspecified atom stereocenters. The van der Waals surface area contributed by atoms with Crippen molar-refractivity contribution in [3.63, 3.8) is 0 Å². The lowest BCUT2D eigenvalue weighted by Crippen LogP contribution is -2.10. The smallest absolute Gasteiger partial charge is 0.119 e. The van der Waals surface area contributed by atoms with Crippen LogP contribution in [-0.4, -0.2) is 18.2 Å². The molecule has 0 bridgehead atoms. The molecule has 4 heteroatoms. The molecule has 0 fully saturated rings. The Labute approximate surface area is 213 Å². The normalized spacial score (nSPS) is 11.2. The molecular formula is C32H34N2O2. The molecule has 1 aromatic heterocycles. The Morgan fingerprint density at radius 3 is 1.69 bits per heavy atom. The van der Waals surface area contributed by atoms with Gasteiger partial charge in [-0.25, -0.2) is 0 Å². The number of nitrogens with one attached hydrogen (secondary N) is 1. The average molecular weight is 479 g/mol. The number of aromatic amines is 1. The monoisotopic (exact) mass is 478 g/mol. The average Bonchev–Trinajstić information content (AvgIpc) is 3.29. The topological polar surface area (TPSA) is 37.5 Å². The number of nitrogens with zero attached hydrogens (tertiary/aromatic N) is 1. The number of rotatable bonds is 11. The van der Waals surface area contributed by atoms with Gasteiger partial charge in [0.15, 0.2) is 0 Å². The van der Waals surface area contributed by atoms with Crippen LogP contribution >= 0.6 is 0 Å². The maximum Gasteiger partial charge on any atom is 0.119 e. The summed E-state index contributed by atoms with van der Waals surface area (Å²) < 4.78 is 11.8. The Hall–Kier alpha value is -3.92. The summed E-state index contributed by atoms with van der Waals surface area (Å²) in [4.78, 5) is 5.82. The highest BCUT2D eigenvalue weighted by Gasteiger charge is 2.15. The van der Waals surface area contributed by atoms with Crippen molar-refractivity contribution in [3.8, 4) is 11.5 Å². The van der Waals surface area contributed by atoms with Crippen molar-refractivity contribution >= 4 is 38.9 Å². The van der Waals surface area contributed by atoms with Crippen LogP contribution in [0.15, 0.2) is 91.0 Å². The molecule has 0 aliphatic carbocycles. The number of ether oxygens (including phenoxy) is 2. The van der Waals surface area contributed by atoms with Crippen molar-refractivity contribution in [1.29, 1.82) is 0 Å². The lowest BCUT2D eigenvalue weighted by atomic mass is 10.1. The third kappa shape index (κ3) is 5.18. The summed E-state index contributed by atoms with van der Waals surface area (Å²) in [6, 6.07) is 31.8. The molecule has 0 amide bonds. The fourth-order valence-corrected chi connectivity index (χ4v) is 4.47. The molecule has 4 nitrogen and oxygen atoms in total. The van der Waals surface area contributed by atoms with Crippen LogP contribution in [-0.2, 0) is 0 Å². The number of H-pyrrole nitrogens is 1.